The summed E-state index contributed by atoms with van der Waals surface area (Å²) < 4.78 is 0. The van der Waals surface area contributed by atoms with Crippen molar-refractivity contribution in [3.05, 3.63) is 119 Å². The van der Waals surface area contributed by atoms with Crippen LogP contribution in [0.5, 0.6) is 0 Å². The van der Waals surface area contributed by atoms with Gasteiger partial charge in [0.25, 0.3) is 0 Å². The molecular weight excluding hydrogens is 673 g/mol. The maximum Gasteiger partial charge on any atom is -0.00201 e. The first kappa shape index (κ1) is 37.4. The second kappa shape index (κ2) is 17.1. The van der Waals surface area contributed by atoms with Gasteiger partial charge in [-0.2, -0.15) is 0 Å². The largest absolute Gasteiger partial charge is 0.0654 e. The molecule has 7 aromatic carbocycles. The van der Waals surface area contributed by atoms with Gasteiger partial charge in [-0.05, 0) is 151 Å². The van der Waals surface area contributed by atoms with Gasteiger partial charge in [-0.25, -0.2) is 0 Å². The molecule has 2 saturated carbocycles. The van der Waals surface area contributed by atoms with Gasteiger partial charge in [0, 0.05) is 0 Å². The molecule has 7 aromatic rings. The van der Waals surface area contributed by atoms with E-state index in [2.05, 4.69) is 111 Å². The number of rotatable bonds is 14. The fourth-order valence-electron chi connectivity index (χ4n) is 11.2. The van der Waals surface area contributed by atoms with Crippen LogP contribution in [0.3, 0.4) is 0 Å². The molecule has 0 aromatic heterocycles. The quantitative estimate of drug-likeness (QED) is 0.0592. The van der Waals surface area contributed by atoms with Gasteiger partial charge in [-0.15, -0.1) is 0 Å². The Labute approximate surface area is 337 Å². The van der Waals surface area contributed by atoms with Gasteiger partial charge < -0.3 is 0 Å². The van der Waals surface area contributed by atoms with Crippen LogP contribution in [-0.2, 0) is 12.8 Å². The van der Waals surface area contributed by atoms with Crippen LogP contribution in [0.15, 0.2) is 97.1 Å². The molecule has 0 heteroatoms. The Morgan fingerprint density at radius 1 is 0.375 bits per heavy atom. The third kappa shape index (κ3) is 7.27. The first-order chi connectivity index (χ1) is 27.7. The highest BCUT2D eigenvalue weighted by molar-refractivity contribution is 6.35. The van der Waals surface area contributed by atoms with Crippen LogP contribution in [-0.4, -0.2) is 0 Å². The Morgan fingerprint density at radius 3 is 1.20 bits per heavy atom. The molecule has 2 aliphatic rings. The first-order valence-electron chi connectivity index (χ1n) is 23.1. The number of benzene rings is 7. The van der Waals surface area contributed by atoms with Crippen molar-refractivity contribution >= 4 is 43.1 Å². The zero-order valence-electron chi connectivity index (χ0n) is 34.5. The van der Waals surface area contributed by atoms with E-state index >= 15 is 0 Å². The van der Waals surface area contributed by atoms with E-state index in [1.54, 1.807) is 11.1 Å². The monoisotopic (exact) mass is 737 g/mol. The fourth-order valence-corrected chi connectivity index (χ4v) is 11.2. The summed E-state index contributed by atoms with van der Waals surface area (Å²) in [5.74, 6) is 1.34. The van der Waals surface area contributed by atoms with E-state index in [4.69, 9.17) is 0 Å². The zero-order chi connectivity index (χ0) is 37.8. The smallest absolute Gasteiger partial charge is 0.00201 e. The predicted molar refractivity (Wildman–Crippen MR) is 246 cm³/mol. The molecule has 2 fully saturated rings. The fraction of sp³-hybridized carbons (Fsp3) is 0.429. The maximum absolute atomic E-state index is 2.63. The Balaban J connectivity index is 1.18. The van der Waals surface area contributed by atoms with E-state index in [1.807, 2.05) is 0 Å². The molecule has 0 heterocycles. The van der Waals surface area contributed by atoms with Crippen LogP contribution in [0.2, 0.25) is 0 Å². The molecular formula is C56H64. The van der Waals surface area contributed by atoms with E-state index in [0.717, 1.165) is 0 Å². The number of aryl methyl sites for hydroxylation is 2. The standard InChI is InChI=1S/C56H64/c1-3-5-7-11-19-39-29-31-45(53(37-39)41-21-13-9-14-22-41)43-33-35-51-52-36-34-44(48-26-18-28-50(56(48)52)49-27-17-25-47(43)55(49)51)46-32-30-40(20-12-8-6-4-2)38-54(46)42-23-15-10-16-24-42/h17-18,25-38,41-42H,3-16,19-24H2,1-2H3. The highest BCUT2D eigenvalue weighted by Crippen LogP contribution is 2.48. The number of hydrogen-bond donors (Lipinski definition) is 0. The molecule has 0 amide bonds. The summed E-state index contributed by atoms with van der Waals surface area (Å²) in [5.41, 5.74) is 12.1. The van der Waals surface area contributed by atoms with E-state index in [9.17, 15) is 0 Å². The molecule has 0 atom stereocenters. The molecule has 0 saturated heterocycles. The minimum atomic E-state index is 0.668. The van der Waals surface area contributed by atoms with Crippen molar-refractivity contribution in [1.29, 1.82) is 0 Å². The second-order valence-electron chi connectivity index (χ2n) is 17.9. The van der Waals surface area contributed by atoms with Crippen molar-refractivity contribution in [1.82, 2.24) is 0 Å². The molecule has 0 unspecified atom stereocenters. The molecule has 0 nitrogen and oxygen atoms in total. The predicted octanol–water partition coefficient (Wildman–Crippen LogP) is 17.4. The highest BCUT2D eigenvalue weighted by Gasteiger charge is 2.24. The third-order valence-electron chi connectivity index (χ3n) is 14.2. The molecule has 0 spiro atoms. The molecule has 56 heavy (non-hydrogen) atoms. The minimum Gasteiger partial charge on any atom is -0.0654 e. The molecule has 0 N–H and O–H groups in total. The summed E-state index contributed by atoms with van der Waals surface area (Å²) in [4.78, 5) is 0. The topological polar surface area (TPSA) is 0 Å². The van der Waals surface area contributed by atoms with Crippen molar-refractivity contribution in [3.63, 3.8) is 0 Å². The van der Waals surface area contributed by atoms with Crippen LogP contribution in [0, 0.1) is 0 Å². The SMILES string of the molecule is CCCCCCc1ccc(-c2ccc3c4ccc(-c5ccc(CCCCCC)cc5C5CCCCC5)c5cccc(c6cccc2c63)c54)c(C2CCCCC2)c1. The summed E-state index contributed by atoms with van der Waals surface area (Å²) in [6, 6.07) is 39.4. The van der Waals surface area contributed by atoms with Crippen molar-refractivity contribution in [2.45, 2.75) is 154 Å². The summed E-state index contributed by atoms with van der Waals surface area (Å²) in [5, 5.41) is 11.3. The van der Waals surface area contributed by atoms with E-state index in [1.165, 1.54) is 205 Å². The Bertz CT molecular complexity index is 2220. The lowest BCUT2D eigenvalue weighted by Crippen LogP contribution is -2.07. The Morgan fingerprint density at radius 2 is 0.768 bits per heavy atom. The van der Waals surface area contributed by atoms with E-state index < -0.39 is 0 Å². The van der Waals surface area contributed by atoms with Crippen LogP contribution in [0.1, 0.15) is 164 Å². The van der Waals surface area contributed by atoms with Gasteiger partial charge in [-0.1, -0.05) is 188 Å². The van der Waals surface area contributed by atoms with Crippen molar-refractivity contribution in [3.8, 4) is 22.3 Å². The van der Waals surface area contributed by atoms with Crippen molar-refractivity contribution in [2.75, 3.05) is 0 Å². The van der Waals surface area contributed by atoms with Gasteiger partial charge in [0.1, 0.15) is 0 Å². The van der Waals surface area contributed by atoms with Crippen molar-refractivity contribution in [2.24, 2.45) is 0 Å². The van der Waals surface area contributed by atoms with Gasteiger partial charge >= 0.3 is 0 Å². The van der Waals surface area contributed by atoms with Gasteiger partial charge in [0.2, 0.25) is 0 Å². The zero-order valence-corrected chi connectivity index (χ0v) is 34.5. The highest BCUT2D eigenvalue weighted by atomic mass is 14.3. The number of fused-ring (bicyclic) bond motifs is 2. The minimum absolute atomic E-state index is 0.668. The number of unbranched alkanes of at least 4 members (excludes halogenated alkanes) is 6. The average Bonchev–Trinajstić information content (AvgIpc) is 3.26. The summed E-state index contributed by atoms with van der Waals surface area (Å²) in [6.07, 6.45) is 26.5. The molecule has 0 aliphatic heterocycles. The third-order valence-corrected chi connectivity index (χ3v) is 14.2. The summed E-state index contributed by atoms with van der Waals surface area (Å²) in [6.45, 7) is 4.63. The van der Waals surface area contributed by atoms with E-state index in [-0.39, 0.29) is 0 Å². The van der Waals surface area contributed by atoms with Crippen LogP contribution in [0.25, 0.3) is 65.3 Å². The summed E-state index contributed by atoms with van der Waals surface area (Å²) >= 11 is 0. The molecule has 9 rings (SSSR count). The normalized spacial score (nSPS) is 15.9. The van der Waals surface area contributed by atoms with Gasteiger partial charge in [0.15, 0.2) is 0 Å². The molecule has 0 bridgehead atoms. The maximum atomic E-state index is 2.63. The number of hydrogen-bond acceptors (Lipinski definition) is 0. The first-order valence-corrected chi connectivity index (χ1v) is 23.1. The van der Waals surface area contributed by atoms with Gasteiger partial charge in [0.05, 0.1) is 0 Å². The second-order valence-corrected chi connectivity index (χ2v) is 17.9. The molecule has 2 aliphatic carbocycles. The molecule has 288 valence electrons. The van der Waals surface area contributed by atoms with Crippen LogP contribution < -0.4 is 0 Å². The van der Waals surface area contributed by atoms with Gasteiger partial charge in [-0.3, -0.25) is 0 Å². The lowest BCUT2D eigenvalue weighted by molar-refractivity contribution is 0.444. The van der Waals surface area contributed by atoms with Crippen molar-refractivity contribution < 1.29 is 0 Å². The molecule has 0 radical (unpaired) electrons. The van der Waals surface area contributed by atoms with Crippen LogP contribution >= 0.6 is 0 Å². The Kier molecular flexibility index (Phi) is 11.5. The lowest BCUT2D eigenvalue weighted by Gasteiger charge is -2.27. The van der Waals surface area contributed by atoms with E-state index in [0.29, 0.717) is 11.8 Å². The Hall–Kier alpha value is -4.16. The average molecular weight is 737 g/mol. The van der Waals surface area contributed by atoms with Crippen LogP contribution in [0.4, 0.5) is 0 Å². The summed E-state index contributed by atoms with van der Waals surface area (Å²) in [7, 11) is 0. The lowest BCUT2D eigenvalue weighted by atomic mass is 9.78.